The Morgan fingerprint density at radius 1 is 1.17 bits per heavy atom. The molecule has 5 heterocycles. The van der Waals surface area contributed by atoms with Crippen molar-refractivity contribution in [2.24, 2.45) is 5.92 Å². The van der Waals surface area contributed by atoms with Crippen molar-refractivity contribution in [3.8, 4) is 17.1 Å². The summed E-state index contributed by atoms with van der Waals surface area (Å²) in [6.45, 7) is 9.37. The molecular formula is C31H37ClN6O4. The van der Waals surface area contributed by atoms with Crippen LogP contribution >= 0.6 is 11.6 Å². The van der Waals surface area contributed by atoms with Crippen LogP contribution in [-0.2, 0) is 11.3 Å². The number of piperidine rings is 1. The molecule has 1 aliphatic carbocycles. The Morgan fingerprint density at radius 3 is 2.67 bits per heavy atom. The molecule has 2 fully saturated rings. The second-order valence-electron chi connectivity index (χ2n) is 12.4. The summed E-state index contributed by atoms with van der Waals surface area (Å²) in [7, 11) is 1.60. The molecule has 1 N–H and O–H groups in total. The van der Waals surface area contributed by atoms with E-state index in [2.05, 4.69) is 20.9 Å². The largest absolute Gasteiger partial charge is 0.494 e. The summed E-state index contributed by atoms with van der Waals surface area (Å²) in [5.74, 6) is 1.05. The Morgan fingerprint density at radius 2 is 1.95 bits per heavy atom. The lowest BCUT2D eigenvalue weighted by Gasteiger charge is -2.33. The highest BCUT2D eigenvalue weighted by Crippen LogP contribution is 2.39. The molecule has 1 atom stereocenters. The fraction of sp³-hybridized carbons (Fsp3) is 0.484. The van der Waals surface area contributed by atoms with E-state index in [4.69, 9.17) is 26.2 Å². The Labute approximate surface area is 249 Å². The minimum Gasteiger partial charge on any atom is -0.494 e. The van der Waals surface area contributed by atoms with Crippen molar-refractivity contribution in [1.82, 2.24) is 29.4 Å². The van der Waals surface area contributed by atoms with Gasteiger partial charge in [-0.05, 0) is 77.5 Å². The number of nitrogens with one attached hydrogen (secondary N) is 1. The lowest BCUT2D eigenvalue weighted by molar-refractivity contribution is 0.0452. The van der Waals surface area contributed by atoms with Crippen LogP contribution in [0.2, 0.25) is 5.15 Å². The maximum Gasteiger partial charge on any atom is 0.407 e. The number of nitrogens with zero attached hydrogens (tertiary/aromatic N) is 5. The fourth-order valence-corrected chi connectivity index (χ4v) is 6.12. The number of carbonyl (C=O) groups excluding carboxylic acids is 2. The van der Waals surface area contributed by atoms with Crippen LogP contribution in [0.5, 0.6) is 5.75 Å². The van der Waals surface area contributed by atoms with Gasteiger partial charge >= 0.3 is 6.09 Å². The van der Waals surface area contributed by atoms with Crippen LogP contribution in [0.1, 0.15) is 62.4 Å². The van der Waals surface area contributed by atoms with Crippen molar-refractivity contribution in [3.05, 3.63) is 46.9 Å². The van der Waals surface area contributed by atoms with Gasteiger partial charge in [0, 0.05) is 49.0 Å². The first-order chi connectivity index (χ1) is 20.0. The molecule has 11 heteroatoms. The van der Waals surface area contributed by atoms with Crippen LogP contribution < -0.4 is 10.1 Å². The number of methoxy groups -OCH3 is 1. The predicted octanol–water partition coefficient (Wildman–Crippen LogP) is 5.86. The average Bonchev–Trinajstić information content (AvgIpc) is 3.59. The average molecular weight is 593 g/mol. The number of aryl methyl sites for hydroxylation is 1. The van der Waals surface area contributed by atoms with Crippen LogP contribution in [0.4, 0.5) is 4.79 Å². The van der Waals surface area contributed by atoms with Gasteiger partial charge in [-0.3, -0.25) is 4.79 Å². The number of pyridine rings is 2. The number of hydrogen-bond acceptors (Lipinski definition) is 6. The van der Waals surface area contributed by atoms with Crippen LogP contribution in [0.15, 0.2) is 30.6 Å². The van der Waals surface area contributed by atoms with E-state index in [1.165, 1.54) is 12.8 Å². The molecule has 0 bridgehead atoms. The lowest BCUT2D eigenvalue weighted by atomic mass is 10.0. The molecule has 222 valence electrons. The van der Waals surface area contributed by atoms with Crippen molar-refractivity contribution >= 4 is 40.0 Å². The molecule has 1 aliphatic heterocycles. The van der Waals surface area contributed by atoms with Gasteiger partial charge in [-0.15, -0.1) is 0 Å². The maximum absolute atomic E-state index is 13.7. The monoisotopic (exact) mass is 592 g/mol. The van der Waals surface area contributed by atoms with Gasteiger partial charge in [-0.25, -0.2) is 14.3 Å². The van der Waals surface area contributed by atoms with E-state index in [-0.39, 0.29) is 11.9 Å². The zero-order chi connectivity index (χ0) is 29.8. The standard InChI is InChI=1S/C31H37ClN6O4/c1-18-25(23-13-20-10-11-33-28(32)27(20)37(23)15-19-8-9-19)35-38-16-21(14-24(41-5)26(18)38)29(39)36-12-6-7-22(17-36)34-30(40)42-31(2,3)4/h10-11,13-14,16,19,22H,6-9,12,15,17H2,1-5H3,(H,34,40)/t22-/m1/s1. The van der Waals surface area contributed by atoms with E-state index < -0.39 is 11.7 Å². The van der Waals surface area contributed by atoms with Crippen LogP contribution in [0.3, 0.4) is 0 Å². The van der Waals surface area contributed by atoms with E-state index in [9.17, 15) is 9.59 Å². The molecule has 1 saturated carbocycles. The number of likely N-dealkylation sites (tertiary alicyclic amines) is 1. The second kappa shape index (κ2) is 10.8. The molecule has 0 spiro atoms. The molecule has 0 radical (unpaired) electrons. The molecule has 0 aromatic carbocycles. The van der Waals surface area contributed by atoms with Gasteiger partial charge in [0.25, 0.3) is 5.91 Å². The zero-order valence-corrected chi connectivity index (χ0v) is 25.5. The summed E-state index contributed by atoms with van der Waals surface area (Å²) in [4.78, 5) is 32.2. The van der Waals surface area contributed by atoms with Gasteiger partial charge in [0.2, 0.25) is 0 Å². The number of amides is 2. The van der Waals surface area contributed by atoms with Gasteiger partial charge in [0.05, 0.1) is 23.9 Å². The number of alkyl carbamates (subject to hydrolysis) is 1. The van der Waals surface area contributed by atoms with E-state index in [0.717, 1.165) is 52.8 Å². The van der Waals surface area contributed by atoms with Gasteiger partial charge in [-0.1, -0.05) is 11.6 Å². The second-order valence-corrected chi connectivity index (χ2v) is 12.8. The molecule has 4 aromatic heterocycles. The highest BCUT2D eigenvalue weighted by molar-refractivity contribution is 6.34. The van der Waals surface area contributed by atoms with Crippen LogP contribution in [0, 0.1) is 12.8 Å². The Bertz CT molecular complexity index is 1680. The Kier molecular flexibility index (Phi) is 7.29. The van der Waals surface area contributed by atoms with Crippen molar-refractivity contribution in [2.45, 2.75) is 71.6 Å². The number of rotatable bonds is 6. The quantitative estimate of drug-likeness (QED) is 0.281. The summed E-state index contributed by atoms with van der Waals surface area (Å²) < 4.78 is 15.2. The number of aromatic nitrogens is 4. The van der Waals surface area contributed by atoms with E-state index >= 15 is 0 Å². The number of hydrogen-bond donors (Lipinski definition) is 1. The summed E-state index contributed by atoms with van der Waals surface area (Å²) in [5, 5.41) is 9.40. The molecule has 10 nitrogen and oxygen atoms in total. The maximum atomic E-state index is 13.7. The summed E-state index contributed by atoms with van der Waals surface area (Å²) in [6, 6.07) is 5.68. The SMILES string of the molecule is COc1cc(C(=O)N2CCC[C@@H](NC(=O)OC(C)(C)C)C2)cn2nc(-c3cc4ccnc(Cl)c4n3CC3CC3)c(C)c12. The number of halogens is 1. The molecule has 6 rings (SSSR count). The smallest absolute Gasteiger partial charge is 0.407 e. The lowest BCUT2D eigenvalue weighted by Crippen LogP contribution is -2.50. The predicted molar refractivity (Wildman–Crippen MR) is 161 cm³/mol. The molecular weight excluding hydrogens is 556 g/mol. The molecule has 2 aliphatic rings. The van der Waals surface area contributed by atoms with E-state index in [0.29, 0.717) is 35.5 Å². The van der Waals surface area contributed by atoms with Crippen molar-refractivity contribution < 1.29 is 19.1 Å². The number of fused-ring (bicyclic) bond motifs is 2. The molecule has 2 amide bonds. The molecule has 42 heavy (non-hydrogen) atoms. The van der Waals surface area contributed by atoms with Gasteiger partial charge in [0.15, 0.2) is 5.15 Å². The highest BCUT2D eigenvalue weighted by Gasteiger charge is 2.30. The summed E-state index contributed by atoms with van der Waals surface area (Å²) in [5.41, 5.74) is 4.34. The Balaban J connectivity index is 1.33. The fourth-order valence-electron chi connectivity index (χ4n) is 5.85. The van der Waals surface area contributed by atoms with Crippen molar-refractivity contribution in [1.29, 1.82) is 0 Å². The zero-order valence-electron chi connectivity index (χ0n) is 24.7. The summed E-state index contributed by atoms with van der Waals surface area (Å²) in [6.07, 6.45) is 6.98. The number of ether oxygens (including phenoxy) is 2. The van der Waals surface area contributed by atoms with E-state index in [1.54, 1.807) is 35.0 Å². The minimum atomic E-state index is -0.587. The van der Waals surface area contributed by atoms with Crippen molar-refractivity contribution in [2.75, 3.05) is 20.2 Å². The number of carbonyl (C=O) groups is 2. The van der Waals surface area contributed by atoms with Crippen LogP contribution in [-0.4, -0.2) is 67.9 Å². The third-order valence-electron chi connectivity index (χ3n) is 7.97. The van der Waals surface area contributed by atoms with E-state index in [1.807, 2.05) is 33.8 Å². The van der Waals surface area contributed by atoms with Crippen molar-refractivity contribution in [3.63, 3.8) is 0 Å². The topological polar surface area (TPSA) is 103 Å². The minimum absolute atomic E-state index is 0.138. The van der Waals surface area contributed by atoms with Gasteiger partial charge in [0.1, 0.15) is 22.6 Å². The first kappa shape index (κ1) is 28.3. The molecule has 0 unspecified atom stereocenters. The highest BCUT2D eigenvalue weighted by atomic mass is 35.5. The first-order valence-corrected chi connectivity index (χ1v) is 14.9. The van der Waals surface area contributed by atoms with Gasteiger partial charge in [-0.2, -0.15) is 5.10 Å². The summed E-state index contributed by atoms with van der Waals surface area (Å²) >= 11 is 6.58. The first-order valence-electron chi connectivity index (χ1n) is 14.5. The van der Waals surface area contributed by atoms with Crippen LogP contribution in [0.25, 0.3) is 27.8 Å². The third kappa shape index (κ3) is 5.52. The third-order valence-corrected chi connectivity index (χ3v) is 8.25. The Hall–Kier alpha value is -3.79. The normalized spacial score (nSPS) is 17.6. The van der Waals surface area contributed by atoms with Gasteiger partial charge < -0.3 is 24.3 Å². The molecule has 4 aromatic rings. The molecule has 1 saturated heterocycles.